The number of aromatic nitrogens is 1. The zero-order valence-corrected chi connectivity index (χ0v) is 11.1. The van der Waals surface area contributed by atoms with Crippen LogP contribution in [-0.2, 0) is 4.79 Å². The molecule has 0 aliphatic carbocycles. The van der Waals surface area contributed by atoms with Gasteiger partial charge in [0, 0.05) is 22.2 Å². The normalized spacial score (nSPS) is 10.8. The summed E-state index contributed by atoms with van der Waals surface area (Å²) in [5.74, 6) is -0.881. The largest absolute Gasteiger partial charge is 0.480 e. The van der Waals surface area contributed by atoms with E-state index in [4.69, 9.17) is 5.11 Å². The van der Waals surface area contributed by atoms with Crippen LogP contribution in [0.3, 0.4) is 0 Å². The van der Waals surface area contributed by atoms with Crippen molar-refractivity contribution in [3.63, 3.8) is 0 Å². The van der Waals surface area contributed by atoms with Crippen molar-refractivity contribution in [2.75, 3.05) is 11.9 Å². The molecule has 0 unspecified atom stereocenters. The third kappa shape index (κ3) is 2.16. The summed E-state index contributed by atoms with van der Waals surface area (Å²) in [4.78, 5) is 15.3. The smallest absolute Gasteiger partial charge is 0.322 e. The Bertz CT molecular complexity index is 812. The maximum Gasteiger partial charge on any atom is 0.322 e. The van der Waals surface area contributed by atoms with Crippen molar-refractivity contribution in [2.45, 2.75) is 6.92 Å². The Morgan fingerprint density at radius 3 is 2.80 bits per heavy atom. The van der Waals surface area contributed by atoms with Gasteiger partial charge in [-0.15, -0.1) is 0 Å². The molecule has 4 heteroatoms. The van der Waals surface area contributed by atoms with Gasteiger partial charge in [0.25, 0.3) is 0 Å². The fourth-order valence-electron chi connectivity index (χ4n) is 2.41. The van der Waals surface area contributed by atoms with Crippen LogP contribution >= 0.6 is 0 Å². The number of anilines is 1. The Balaban J connectivity index is 2.26. The van der Waals surface area contributed by atoms with E-state index in [2.05, 4.69) is 10.3 Å². The fourth-order valence-corrected chi connectivity index (χ4v) is 2.41. The summed E-state index contributed by atoms with van der Waals surface area (Å²) in [6.45, 7) is 1.80. The monoisotopic (exact) mass is 266 g/mol. The number of hydrogen-bond donors (Lipinski definition) is 2. The molecule has 3 rings (SSSR count). The molecule has 0 aliphatic rings. The number of aliphatic carboxylic acids is 1. The second-order valence-corrected chi connectivity index (χ2v) is 4.74. The van der Waals surface area contributed by atoms with Gasteiger partial charge in [-0.2, -0.15) is 0 Å². The van der Waals surface area contributed by atoms with Crippen molar-refractivity contribution in [3.05, 3.63) is 48.2 Å². The summed E-state index contributed by atoms with van der Waals surface area (Å²) in [5.41, 5.74) is 2.57. The molecular formula is C16H14N2O2. The lowest BCUT2D eigenvalue weighted by Gasteiger charge is -2.11. The number of pyridine rings is 1. The van der Waals surface area contributed by atoms with Gasteiger partial charge in [-0.1, -0.05) is 36.4 Å². The predicted molar refractivity (Wildman–Crippen MR) is 80.1 cm³/mol. The van der Waals surface area contributed by atoms with Crippen molar-refractivity contribution < 1.29 is 9.90 Å². The lowest BCUT2D eigenvalue weighted by molar-refractivity contribution is -0.134. The molecule has 0 atom stereocenters. The van der Waals surface area contributed by atoms with Crippen molar-refractivity contribution in [1.82, 2.24) is 4.98 Å². The molecule has 1 heterocycles. The lowest BCUT2D eigenvalue weighted by atomic mass is 10.0. The molecule has 0 saturated carbocycles. The molecule has 100 valence electrons. The van der Waals surface area contributed by atoms with E-state index in [0.717, 1.165) is 33.1 Å². The van der Waals surface area contributed by atoms with Gasteiger partial charge in [-0.25, -0.2) is 0 Å². The van der Waals surface area contributed by atoms with Crippen LogP contribution in [-0.4, -0.2) is 22.6 Å². The minimum Gasteiger partial charge on any atom is -0.480 e. The Labute approximate surface area is 116 Å². The first kappa shape index (κ1) is 12.4. The van der Waals surface area contributed by atoms with Crippen molar-refractivity contribution in [3.8, 4) is 0 Å². The molecule has 0 saturated heterocycles. The number of carboxylic acids is 1. The van der Waals surface area contributed by atoms with E-state index < -0.39 is 5.97 Å². The maximum absolute atomic E-state index is 10.7. The quantitative estimate of drug-likeness (QED) is 0.715. The number of aryl methyl sites for hydroxylation is 1. The van der Waals surface area contributed by atoms with Gasteiger partial charge in [-0.05, 0) is 18.4 Å². The summed E-state index contributed by atoms with van der Waals surface area (Å²) >= 11 is 0. The summed E-state index contributed by atoms with van der Waals surface area (Å²) in [7, 11) is 0. The molecule has 0 radical (unpaired) electrons. The third-order valence-corrected chi connectivity index (χ3v) is 3.26. The fraction of sp³-hybridized carbons (Fsp3) is 0.125. The molecule has 20 heavy (non-hydrogen) atoms. The average molecular weight is 266 g/mol. The molecule has 0 bridgehead atoms. The van der Waals surface area contributed by atoms with Crippen molar-refractivity contribution >= 4 is 33.3 Å². The molecule has 0 fully saturated rings. The van der Waals surface area contributed by atoms with Crippen LogP contribution in [0.4, 0.5) is 5.69 Å². The molecule has 0 aliphatic heterocycles. The highest BCUT2D eigenvalue weighted by Crippen LogP contribution is 2.29. The second-order valence-electron chi connectivity index (χ2n) is 4.74. The van der Waals surface area contributed by atoms with Crippen LogP contribution in [0.5, 0.6) is 0 Å². The molecule has 2 N–H and O–H groups in total. The first-order chi connectivity index (χ1) is 9.65. The van der Waals surface area contributed by atoms with Crippen LogP contribution < -0.4 is 5.32 Å². The van der Waals surface area contributed by atoms with E-state index in [1.807, 2.05) is 49.4 Å². The number of fused-ring (bicyclic) bond motifs is 3. The van der Waals surface area contributed by atoms with Gasteiger partial charge < -0.3 is 10.4 Å². The van der Waals surface area contributed by atoms with E-state index >= 15 is 0 Å². The summed E-state index contributed by atoms with van der Waals surface area (Å²) in [5, 5.41) is 14.9. The van der Waals surface area contributed by atoms with Gasteiger partial charge in [0.2, 0.25) is 0 Å². The van der Waals surface area contributed by atoms with Gasteiger partial charge in [0.15, 0.2) is 0 Å². The molecule has 0 spiro atoms. The Morgan fingerprint density at radius 1 is 1.20 bits per heavy atom. The summed E-state index contributed by atoms with van der Waals surface area (Å²) in [6.07, 6.45) is 0. The molecule has 0 amide bonds. The zero-order valence-electron chi connectivity index (χ0n) is 11.1. The molecule has 1 aromatic heterocycles. The van der Waals surface area contributed by atoms with Crippen LogP contribution in [0.15, 0.2) is 42.5 Å². The van der Waals surface area contributed by atoms with Crippen LogP contribution in [0.1, 0.15) is 5.69 Å². The third-order valence-electron chi connectivity index (χ3n) is 3.26. The molecule has 2 aromatic carbocycles. The highest BCUT2D eigenvalue weighted by atomic mass is 16.4. The van der Waals surface area contributed by atoms with Crippen molar-refractivity contribution in [2.24, 2.45) is 0 Å². The minimum atomic E-state index is -0.881. The number of nitrogens with zero attached hydrogens (tertiary/aromatic N) is 1. The van der Waals surface area contributed by atoms with E-state index in [-0.39, 0.29) is 6.54 Å². The SMILES string of the molecule is Cc1cc(NCC(=O)O)c2ccc3ccccc3c2n1. The Morgan fingerprint density at radius 2 is 2.00 bits per heavy atom. The first-order valence-corrected chi connectivity index (χ1v) is 6.40. The number of carbonyl (C=O) groups is 1. The molecule has 3 aromatic rings. The number of rotatable bonds is 3. The summed E-state index contributed by atoms with van der Waals surface area (Å²) in [6, 6.07) is 13.9. The Kier molecular flexibility index (Phi) is 2.99. The number of hydrogen-bond acceptors (Lipinski definition) is 3. The maximum atomic E-state index is 10.7. The van der Waals surface area contributed by atoms with Gasteiger partial charge in [0.05, 0.1) is 5.52 Å². The average Bonchev–Trinajstić information content (AvgIpc) is 2.44. The van der Waals surface area contributed by atoms with Crippen LogP contribution in [0, 0.1) is 6.92 Å². The van der Waals surface area contributed by atoms with Gasteiger partial charge in [-0.3, -0.25) is 9.78 Å². The van der Waals surface area contributed by atoms with Crippen LogP contribution in [0.2, 0.25) is 0 Å². The van der Waals surface area contributed by atoms with Gasteiger partial charge >= 0.3 is 5.97 Å². The standard InChI is InChI=1S/C16H14N2O2/c1-10-8-14(17-9-15(19)20)13-7-6-11-4-2-3-5-12(11)16(13)18-10/h2-8H,9H2,1H3,(H,17,18)(H,19,20). The van der Waals surface area contributed by atoms with Crippen LogP contribution in [0.25, 0.3) is 21.7 Å². The van der Waals surface area contributed by atoms with E-state index in [1.165, 1.54) is 0 Å². The highest BCUT2D eigenvalue weighted by Gasteiger charge is 2.08. The first-order valence-electron chi connectivity index (χ1n) is 6.40. The van der Waals surface area contributed by atoms with E-state index in [9.17, 15) is 4.79 Å². The number of benzene rings is 2. The zero-order chi connectivity index (χ0) is 14.1. The lowest BCUT2D eigenvalue weighted by Crippen LogP contribution is -2.12. The minimum absolute atomic E-state index is 0.106. The van der Waals surface area contributed by atoms with E-state index in [0.29, 0.717) is 0 Å². The Hall–Kier alpha value is -2.62. The topological polar surface area (TPSA) is 62.2 Å². The molecular weight excluding hydrogens is 252 g/mol. The predicted octanol–water partition coefficient (Wildman–Crippen LogP) is 3.19. The van der Waals surface area contributed by atoms with E-state index in [1.54, 1.807) is 0 Å². The number of carboxylic acid groups (broad SMARTS) is 1. The van der Waals surface area contributed by atoms with Crippen molar-refractivity contribution in [1.29, 1.82) is 0 Å². The molecule has 4 nitrogen and oxygen atoms in total. The summed E-state index contributed by atoms with van der Waals surface area (Å²) < 4.78 is 0. The highest BCUT2D eigenvalue weighted by molar-refractivity contribution is 6.09. The second kappa shape index (κ2) is 4.81. The van der Waals surface area contributed by atoms with Gasteiger partial charge in [0.1, 0.15) is 6.54 Å². The number of nitrogens with one attached hydrogen (secondary N) is 1.